The van der Waals surface area contributed by atoms with E-state index in [4.69, 9.17) is 11.3 Å². The van der Waals surface area contributed by atoms with Gasteiger partial charge in [-0.2, -0.15) is 0 Å². The minimum atomic E-state index is 0.597. The lowest BCUT2D eigenvalue weighted by molar-refractivity contribution is 0.152. The fourth-order valence-corrected chi connectivity index (χ4v) is 0.485. The maximum Gasteiger partial charge on any atom is 0.211 e. The minimum absolute atomic E-state index is 0.597. The summed E-state index contributed by atoms with van der Waals surface area (Å²) >= 11 is 0. The van der Waals surface area contributed by atoms with Crippen LogP contribution in [0.5, 0.6) is 0 Å². The molecule has 0 saturated heterocycles. The molecule has 3 heteroatoms. The molecule has 0 fully saturated rings. The molecule has 0 saturated carbocycles. The summed E-state index contributed by atoms with van der Waals surface area (Å²) in [6.45, 7) is 9.03. The Labute approximate surface area is 61.7 Å². The van der Waals surface area contributed by atoms with Crippen LogP contribution in [0.2, 0.25) is 0 Å². The minimum Gasteiger partial charge on any atom is -0.489 e. The SMILES string of the molecule is [C-]#[N+]/C=C(/OCC)N(C)C. The fourth-order valence-electron chi connectivity index (χ4n) is 0.485. The van der Waals surface area contributed by atoms with Gasteiger partial charge in [-0.25, -0.2) is 4.85 Å². The van der Waals surface area contributed by atoms with Gasteiger partial charge in [0.05, 0.1) is 13.2 Å². The van der Waals surface area contributed by atoms with E-state index < -0.39 is 0 Å². The van der Waals surface area contributed by atoms with E-state index >= 15 is 0 Å². The molecule has 0 aromatic heterocycles. The van der Waals surface area contributed by atoms with Crippen molar-refractivity contribution in [1.29, 1.82) is 0 Å². The molecule has 56 valence electrons. The standard InChI is InChI=1S/C7H12N2O/c1-5-10-7(6-8-2)9(3)4/h6H,5H2,1,3-4H3/b7-6+. The molecule has 0 aromatic carbocycles. The molecular formula is C7H12N2O. The van der Waals surface area contributed by atoms with Gasteiger partial charge >= 0.3 is 0 Å². The smallest absolute Gasteiger partial charge is 0.211 e. The Morgan fingerprint density at radius 2 is 2.30 bits per heavy atom. The average Bonchev–Trinajstić information content (AvgIpc) is 1.87. The van der Waals surface area contributed by atoms with Crippen LogP contribution in [-0.2, 0) is 4.74 Å². The third-order valence-electron chi connectivity index (χ3n) is 0.908. The highest BCUT2D eigenvalue weighted by atomic mass is 16.5. The number of rotatable bonds is 3. The molecular weight excluding hydrogens is 128 g/mol. The van der Waals surface area contributed by atoms with E-state index in [1.54, 1.807) is 4.90 Å². The number of hydrogen-bond acceptors (Lipinski definition) is 2. The van der Waals surface area contributed by atoms with Crippen LogP contribution in [-0.4, -0.2) is 25.6 Å². The molecule has 0 unspecified atom stereocenters. The fraction of sp³-hybridized carbons (Fsp3) is 0.571. The molecule has 0 atom stereocenters. The number of nitrogens with zero attached hydrogens (tertiary/aromatic N) is 2. The summed E-state index contributed by atoms with van der Waals surface area (Å²) in [6, 6.07) is 0. The van der Waals surface area contributed by atoms with Crippen molar-refractivity contribution < 1.29 is 4.74 Å². The summed E-state index contributed by atoms with van der Waals surface area (Å²) in [5, 5.41) is 0. The first kappa shape index (κ1) is 8.83. The Hall–Kier alpha value is -1.17. The predicted molar refractivity (Wildman–Crippen MR) is 40.0 cm³/mol. The zero-order valence-corrected chi connectivity index (χ0v) is 6.59. The summed E-state index contributed by atoms with van der Waals surface area (Å²) in [6.07, 6.45) is 1.36. The van der Waals surface area contributed by atoms with E-state index in [2.05, 4.69) is 4.85 Å². The topological polar surface area (TPSA) is 16.8 Å². The van der Waals surface area contributed by atoms with E-state index in [-0.39, 0.29) is 0 Å². The molecule has 0 aliphatic carbocycles. The highest BCUT2D eigenvalue weighted by Gasteiger charge is 1.96. The van der Waals surface area contributed by atoms with Crippen LogP contribution in [0.25, 0.3) is 4.85 Å². The van der Waals surface area contributed by atoms with Crippen molar-refractivity contribution in [3.63, 3.8) is 0 Å². The molecule has 0 aromatic rings. The quantitative estimate of drug-likeness (QED) is 0.434. The normalized spacial score (nSPS) is 10.4. The van der Waals surface area contributed by atoms with E-state index in [1.165, 1.54) is 6.20 Å². The monoisotopic (exact) mass is 140 g/mol. The third kappa shape index (κ3) is 2.98. The Balaban J connectivity index is 4.01. The van der Waals surface area contributed by atoms with Gasteiger partial charge in [-0.05, 0) is 6.92 Å². The highest BCUT2D eigenvalue weighted by Crippen LogP contribution is 1.99. The molecule has 0 aliphatic rings. The van der Waals surface area contributed by atoms with Crippen LogP contribution < -0.4 is 0 Å². The van der Waals surface area contributed by atoms with Gasteiger partial charge in [-0.15, -0.1) is 0 Å². The first-order valence-corrected chi connectivity index (χ1v) is 3.09. The largest absolute Gasteiger partial charge is 0.489 e. The summed E-state index contributed by atoms with van der Waals surface area (Å²) < 4.78 is 5.12. The summed E-state index contributed by atoms with van der Waals surface area (Å²) in [4.78, 5) is 4.86. The number of hydrogen-bond donors (Lipinski definition) is 0. The second kappa shape index (κ2) is 4.68. The zero-order chi connectivity index (χ0) is 7.98. The first-order chi connectivity index (χ1) is 4.72. The lowest BCUT2D eigenvalue weighted by Crippen LogP contribution is -2.13. The maximum atomic E-state index is 6.55. The van der Waals surface area contributed by atoms with Crippen LogP contribution in [0.15, 0.2) is 12.1 Å². The van der Waals surface area contributed by atoms with Gasteiger partial charge in [0.25, 0.3) is 0 Å². The van der Waals surface area contributed by atoms with Crippen LogP contribution >= 0.6 is 0 Å². The molecule has 0 N–H and O–H groups in total. The Bertz CT molecular complexity index is 155. The second-order valence-electron chi connectivity index (χ2n) is 1.92. The van der Waals surface area contributed by atoms with Gasteiger partial charge in [0.15, 0.2) is 5.88 Å². The molecule has 0 rings (SSSR count). The van der Waals surface area contributed by atoms with Crippen molar-refractivity contribution in [1.82, 2.24) is 4.90 Å². The van der Waals surface area contributed by atoms with Gasteiger partial charge in [0, 0.05) is 14.1 Å². The van der Waals surface area contributed by atoms with Gasteiger partial charge in [-0.1, -0.05) is 0 Å². The Morgan fingerprint density at radius 3 is 2.60 bits per heavy atom. The number of ether oxygens (including phenoxy) is 1. The van der Waals surface area contributed by atoms with Crippen LogP contribution in [0.3, 0.4) is 0 Å². The van der Waals surface area contributed by atoms with Crippen LogP contribution in [0.1, 0.15) is 6.92 Å². The van der Waals surface area contributed by atoms with E-state index in [0.29, 0.717) is 12.5 Å². The van der Waals surface area contributed by atoms with Crippen molar-refractivity contribution in [2.45, 2.75) is 6.92 Å². The van der Waals surface area contributed by atoms with Gasteiger partial charge < -0.3 is 9.64 Å². The van der Waals surface area contributed by atoms with Crippen LogP contribution in [0.4, 0.5) is 0 Å². The van der Waals surface area contributed by atoms with Gasteiger partial charge in [0.2, 0.25) is 6.20 Å². The molecule has 3 nitrogen and oxygen atoms in total. The third-order valence-corrected chi connectivity index (χ3v) is 0.908. The van der Waals surface area contributed by atoms with Crippen molar-refractivity contribution in [3.05, 3.63) is 23.5 Å². The van der Waals surface area contributed by atoms with Crippen molar-refractivity contribution in [2.75, 3.05) is 20.7 Å². The van der Waals surface area contributed by atoms with Gasteiger partial charge in [0.1, 0.15) is 0 Å². The van der Waals surface area contributed by atoms with E-state index in [1.807, 2.05) is 21.0 Å². The lowest BCUT2D eigenvalue weighted by Gasteiger charge is -2.15. The Kier molecular flexibility index (Phi) is 4.14. The molecule has 0 radical (unpaired) electrons. The highest BCUT2D eigenvalue weighted by molar-refractivity contribution is 4.96. The second-order valence-corrected chi connectivity index (χ2v) is 1.92. The van der Waals surface area contributed by atoms with Gasteiger partial charge in [-0.3, -0.25) is 0 Å². The first-order valence-electron chi connectivity index (χ1n) is 3.09. The zero-order valence-electron chi connectivity index (χ0n) is 6.59. The molecule has 0 aliphatic heterocycles. The maximum absolute atomic E-state index is 6.55. The molecule has 0 spiro atoms. The molecule has 10 heavy (non-hydrogen) atoms. The average molecular weight is 140 g/mol. The van der Waals surface area contributed by atoms with E-state index in [9.17, 15) is 0 Å². The molecule has 0 amide bonds. The van der Waals surface area contributed by atoms with Crippen LogP contribution in [0, 0.1) is 6.57 Å². The summed E-state index contributed by atoms with van der Waals surface area (Å²) in [5.41, 5.74) is 0. The van der Waals surface area contributed by atoms with Crippen molar-refractivity contribution >= 4 is 0 Å². The molecule has 0 heterocycles. The van der Waals surface area contributed by atoms with Crippen molar-refractivity contribution in [2.24, 2.45) is 0 Å². The Morgan fingerprint density at radius 1 is 1.70 bits per heavy atom. The van der Waals surface area contributed by atoms with E-state index in [0.717, 1.165) is 0 Å². The predicted octanol–water partition coefficient (Wildman–Crippen LogP) is 1.30. The summed E-state index contributed by atoms with van der Waals surface area (Å²) in [7, 11) is 3.68. The summed E-state index contributed by atoms with van der Waals surface area (Å²) in [5.74, 6) is 0.609. The lowest BCUT2D eigenvalue weighted by atomic mass is 10.7. The van der Waals surface area contributed by atoms with Crippen molar-refractivity contribution in [3.8, 4) is 0 Å². The molecule has 0 bridgehead atoms.